The van der Waals surface area contributed by atoms with Crippen LogP contribution in [0, 0.1) is 17.8 Å². The molecule has 2 heterocycles. The largest absolute Gasteiger partial charge is 0.759 e. The average molecular weight is 616 g/mol. The standard InChI is InChI=1S/C33H36N4O6S/c1-24(2)31(33(39)40)37(44(41)42)36-18-16-34(17-19-36)28-13-10-25(11-14-28)8-9-26-12-15-30-29(22-26)32(38)35(20-21-43-30)23-27-6-4-3-5-7-27/h3-7,10-15,22,24,31H,16-21,23H2,1-2H3,(H,39,40)(H,41,42)/p-1. The van der Waals surface area contributed by atoms with Gasteiger partial charge in [0, 0.05) is 60.8 Å². The highest BCUT2D eigenvalue weighted by molar-refractivity contribution is 7.76. The van der Waals surface area contributed by atoms with Gasteiger partial charge in [-0.25, -0.2) is 5.01 Å². The molecule has 44 heavy (non-hydrogen) atoms. The molecule has 0 aromatic heterocycles. The van der Waals surface area contributed by atoms with Gasteiger partial charge in [0.15, 0.2) is 0 Å². The van der Waals surface area contributed by atoms with Crippen molar-refractivity contribution in [3.8, 4) is 17.6 Å². The number of carboxylic acids is 1. The third-order valence-electron chi connectivity index (χ3n) is 7.73. The van der Waals surface area contributed by atoms with Gasteiger partial charge in [0.25, 0.3) is 5.91 Å². The van der Waals surface area contributed by atoms with Crippen LogP contribution in [0.1, 0.15) is 40.9 Å². The number of carbonyl (C=O) groups is 2. The maximum atomic E-state index is 13.4. The van der Waals surface area contributed by atoms with Crippen molar-refractivity contribution in [2.45, 2.75) is 26.4 Å². The highest BCUT2D eigenvalue weighted by Gasteiger charge is 2.35. The van der Waals surface area contributed by atoms with Crippen LogP contribution in [-0.4, -0.2) is 85.4 Å². The molecule has 2 unspecified atom stereocenters. The van der Waals surface area contributed by atoms with Gasteiger partial charge in [0.2, 0.25) is 0 Å². The average Bonchev–Trinajstić information content (AvgIpc) is 3.17. The van der Waals surface area contributed by atoms with E-state index in [0.29, 0.717) is 62.8 Å². The quantitative estimate of drug-likeness (QED) is 0.303. The topological polar surface area (TPSA) is 117 Å². The van der Waals surface area contributed by atoms with Crippen LogP contribution in [0.3, 0.4) is 0 Å². The number of hydrazine groups is 1. The molecule has 1 N–H and O–H groups in total. The predicted octanol–water partition coefficient (Wildman–Crippen LogP) is 3.36. The Labute approximate surface area is 260 Å². The molecule has 2 aliphatic rings. The number of fused-ring (bicyclic) bond motifs is 1. The second-order valence-electron chi connectivity index (χ2n) is 11.1. The third kappa shape index (κ3) is 7.29. The number of piperazine rings is 1. The number of ether oxygens (including phenoxy) is 1. The van der Waals surface area contributed by atoms with Crippen LogP contribution < -0.4 is 9.64 Å². The fourth-order valence-corrected chi connectivity index (χ4v) is 6.31. The van der Waals surface area contributed by atoms with Gasteiger partial charge in [-0.2, -0.15) is 4.41 Å². The van der Waals surface area contributed by atoms with E-state index in [0.717, 1.165) is 21.2 Å². The summed E-state index contributed by atoms with van der Waals surface area (Å²) in [5, 5.41) is 11.2. The minimum atomic E-state index is -2.70. The Bertz CT molecular complexity index is 1560. The lowest BCUT2D eigenvalue weighted by Crippen LogP contribution is -2.60. The van der Waals surface area contributed by atoms with Crippen LogP contribution in [0.5, 0.6) is 5.75 Å². The first kappa shape index (κ1) is 31.2. The molecule has 0 bridgehead atoms. The van der Waals surface area contributed by atoms with Gasteiger partial charge < -0.3 is 24.2 Å². The van der Waals surface area contributed by atoms with Crippen molar-refractivity contribution >= 4 is 28.8 Å². The number of rotatable bonds is 8. The summed E-state index contributed by atoms with van der Waals surface area (Å²) >= 11 is -2.70. The first-order chi connectivity index (χ1) is 21.2. The normalized spacial score (nSPS) is 16.9. The van der Waals surface area contributed by atoms with Crippen LogP contribution in [0.15, 0.2) is 72.8 Å². The van der Waals surface area contributed by atoms with Crippen LogP contribution in [0.25, 0.3) is 0 Å². The lowest BCUT2D eigenvalue weighted by Gasteiger charge is -2.45. The zero-order valence-electron chi connectivity index (χ0n) is 24.7. The lowest BCUT2D eigenvalue weighted by molar-refractivity contribution is -0.149. The third-order valence-corrected chi connectivity index (χ3v) is 8.49. The van der Waals surface area contributed by atoms with Crippen LogP contribution >= 0.6 is 0 Å². The first-order valence-electron chi connectivity index (χ1n) is 14.5. The van der Waals surface area contributed by atoms with E-state index in [-0.39, 0.29) is 11.8 Å². The SMILES string of the molecule is CC(C)C(C(=O)O)N(N1CCN(c2ccc(C#Cc3ccc4c(c3)C(=O)N(Cc3ccccc3)CCO4)cc2)CC1)S(=O)[O-]. The minimum Gasteiger partial charge on any atom is -0.759 e. The number of anilines is 1. The lowest BCUT2D eigenvalue weighted by atomic mass is 10.1. The van der Waals surface area contributed by atoms with E-state index in [1.807, 2.05) is 60.7 Å². The second-order valence-corrected chi connectivity index (χ2v) is 11.9. The summed E-state index contributed by atoms with van der Waals surface area (Å²) in [4.78, 5) is 29.1. The fourth-order valence-electron chi connectivity index (χ4n) is 5.44. The monoisotopic (exact) mass is 615 g/mol. The molecule has 1 amide bonds. The van der Waals surface area contributed by atoms with Gasteiger partial charge in [-0.05, 0) is 53.9 Å². The molecule has 230 valence electrons. The van der Waals surface area contributed by atoms with Gasteiger partial charge in [-0.1, -0.05) is 56.0 Å². The van der Waals surface area contributed by atoms with Gasteiger partial charge in [0.1, 0.15) is 18.4 Å². The molecule has 2 aliphatic heterocycles. The van der Waals surface area contributed by atoms with Gasteiger partial charge in [-0.3, -0.25) is 13.8 Å². The van der Waals surface area contributed by atoms with Gasteiger partial charge >= 0.3 is 5.97 Å². The van der Waals surface area contributed by atoms with E-state index < -0.39 is 23.3 Å². The van der Waals surface area contributed by atoms with Crippen LogP contribution in [-0.2, 0) is 22.6 Å². The number of hydrogen-bond donors (Lipinski definition) is 1. The summed E-state index contributed by atoms with van der Waals surface area (Å²) in [5.74, 6) is 5.27. The van der Waals surface area contributed by atoms with Crippen LogP contribution in [0.4, 0.5) is 5.69 Å². The van der Waals surface area contributed by atoms with Gasteiger partial charge in [-0.15, -0.1) is 0 Å². The van der Waals surface area contributed by atoms with Crippen molar-refractivity contribution in [1.82, 2.24) is 14.3 Å². The van der Waals surface area contributed by atoms with Crippen molar-refractivity contribution in [2.75, 3.05) is 44.2 Å². The molecule has 11 heteroatoms. The molecule has 10 nitrogen and oxygen atoms in total. The van der Waals surface area contributed by atoms with Crippen molar-refractivity contribution in [3.05, 3.63) is 95.1 Å². The zero-order chi connectivity index (χ0) is 31.2. The molecular formula is C33H35N4O6S-. The van der Waals surface area contributed by atoms with Crippen molar-refractivity contribution < 1.29 is 28.2 Å². The summed E-state index contributed by atoms with van der Waals surface area (Å²) in [7, 11) is 0. The Morgan fingerprint density at radius 2 is 1.64 bits per heavy atom. The Kier molecular flexibility index (Phi) is 9.97. The van der Waals surface area contributed by atoms with Crippen molar-refractivity contribution in [1.29, 1.82) is 0 Å². The summed E-state index contributed by atoms with van der Waals surface area (Å²) < 4.78 is 30.7. The summed E-state index contributed by atoms with van der Waals surface area (Å²) in [6.07, 6.45) is 0. The van der Waals surface area contributed by atoms with Crippen LogP contribution in [0.2, 0.25) is 0 Å². The second kappa shape index (κ2) is 14.1. The van der Waals surface area contributed by atoms with E-state index in [1.165, 1.54) is 0 Å². The Morgan fingerprint density at radius 3 is 2.27 bits per heavy atom. The Hall–Kier alpha value is -4.21. The highest BCUT2D eigenvalue weighted by Crippen LogP contribution is 2.26. The maximum Gasteiger partial charge on any atom is 0.323 e. The van der Waals surface area contributed by atoms with Crippen molar-refractivity contribution in [3.63, 3.8) is 0 Å². The Morgan fingerprint density at radius 1 is 0.977 bits per heavy atom. The molecular weight excluding hydrogens is 580 g/mol. The minimum absolute atomic E-state index is 0.0817. The highest BCUT2D eigenvalue weighted by atomic mass is 32.2. The van der Waals surface area contributed by atoms with Gasteiger partial charge in [0.05, 0.1) is 12.1 Å². The maximum absolute atomic E-state index is 13.4. The van der Waals surface area contributed by atoms with E-state index in [1.54, 1.807) is 35.9 Å². The predicted molar refractivity (Wildman–Crippen MR) is 166 cm³/mol. The molecule has 0 radical (unpaired) electrons. The molecule has 0 aliphatic carbocycles. The molecule has 0 spiro atoms. The molecule has 0 saturated carbocycles. The molecule has 3 aromatic rings. The molecule has 5 rings (SSSR count). The summed E-state index contributed by atoms with van der Waals surface area (Å²) in [6.45, 7) is 6.65. The molecule has 2 atom stereocenters. The van der Waals surface area contributed by atoms with E-state index in [2.05, 4.69) is 16.7 Å². The number of nitrogens with zero attached hydrogens (tertiary/aromatic N) is 4. The fraction of sp³-hybridized carbons (Fsp3) is 0.333. The number of benzene rings is 3. The zero-order valence-corrected chi connectivity index (χ0v) is 25.5. The number of hydrogen-bond acceptors (Lipinski definition) is 7. The number of carboxylic acid groups (broad SMARTS) is 1. The van der Waals surface area contributed by atoms with E-state index in [4.69, 9.17) is 4.74 Å². The summed E-state index contributed by atoms with van der Waals surface area (Å²) in [5.41, 5.74) is 4.05. The van der Waals surface area contributed by atoms with E-state index >= 15 is 0 Å². The number of carbonyl (C=O) groups excluding carboxylic acids is 1. The van der Waals surface area contributed by atoms with Crippen molar-refractivity contribution in [2.24, 2.45) is 5.92 Å². The molecule has 1 saturated heterocycles. The summed E-state index contributed by atoms with van der Waals surface area (Å²) in [6, 6.07) is 21.9. The van der Waals surface area contributed by atoms with E-state index in [9.17, 15) is 23.5 Å². The molecule has 1 fully saturated rings. The Balaban J connectivity index is 1.23. The number of aliphatic carboxylic acids is 1. The smallest absolute Gasteiger partial charge is 0.323 e. The number of amides is 1. The molecule has 3 aromatic carbocycles. The first-order valence-corrected chi connectivity index (χ1v) is 15.6.